The van der Waals surface area contributed by atoms with Gasteiger partial charge in [0.15, 0.2) is 0 Å². The average Bonchev–Trinajstić information content (AvgIpc) is 2.17. The van der Waals surface area contributed by atoms with Gasteiger partial charge in [0, 0.05) is 12.6 Å². The summed E-state index contributed by atoms with van der Waals surface area (Å²) in [7, 11) is 0. The maximum Gasteiger partial charge on any atom is 0.416 e. The predicted octanol–water partition coefficient (Wildman–Crippen LogP) is 2.51. The first kappa shape index (κ1) is 15.2. The molecule has 1 rings (SSSR count). The maximum absolute atomic E-state index is 12.3. The molecule has 1 aromatic carbocycles. The van der Waals surface area contributed by atoms with Crippen LogP contribution in [0.25, 0.3) is 0 Å². The molecule has 0 saturated heterocycles. The smallest absolute Gasteiger partial charge is 0.396 e. The Bertz CT molecular complexity index is 330. The lowest BCUT2D eigenvalue weighted by Gasteiger charge is -2.13. The summed E-state index contributed by atoms with van der Waals surface area (Å²) in [5.41, 5.74) is 5.26. The van der Waals surface area contributed by atoms with E-state index in [4.69, 9.17) is 10.8 Å². The third-order valence-electron chi connectivity index (χ3n) is 2.08. The zero-order valence-electron chi connectivity index (χ0n) is 8.37. The number of aliphatic hydroxyl groups excluding tert-OH is 1. The summed E-state index contributed by atoms with van der Waals surface area (Å²) in [4.78, 5) is 0. The van der Waals surface area contributed by atoms with Gasteiger partial charge in [-0.15, -0.1) is 12.4 Å². The van der Waals surface area contributed by atoms with E-state index in [2.05, 4.69) is 0 Å². The van der Waals surface area contributed by atoms with Gasteiger partial charge < -0.3 is 10.8 Å². The highest BCUT2D eigenvalue weighted by atomic mass is 35.5. The van der Waals surface area contributed by atoms with E-state index >= 15 is 0 Å². The van der Waals surface area contributed by atoms with Gasteiger partial charge in [0.1, 0.15) is 0 Å². The molecule has 0 radical (unpaired) electrons. The van der Waals surface area contributed by atoms with Crippen LogP contribution in [-0.4, -0.2) is 11.7 Å². The highest BCUT2D eigenvalue weighted by Crippen LogP contribution is 2.30. The summed E-state index contributed by atoms with van der Waals surface area (Å²) < 4.78 is 37.0. The molecule has 3 N–H and O–H groups in total. The minimum Gasteiger partial charge on any atom is -0.396 e. The predicted molar refractivity (Wildman–Crippen MR) is 57.3 cm³/mol. The second kappa shape index (κ2) is 6.08. The van der Waals surface area contributed by atoms with Crippen LogP contribution in [0.5, 0.6) is 0 Å². The third kappa shape index (κ3) is 4.00. The number of benzene rings is 1. The Morgan fingerprint density at radius 2 is 1.94 bits per heavy atom. The van der Waals surface area contributed by atoms with Crippen molar-refractivity contribution in [1.82, 2.24) is 0 Å². The Hall–Kier alpha value is -0.780. The van der Waals surface area contributed by atoms with Crippen molar-refractivity contribution in [3.05, 3.63) is 35.4 Å². The molecule has 0 heterocycles. The van der Waals surface area contributed by atoms with Gasteiger partial charge >= 0.3 is 6.18 Å². The van der Waals surface area contributed by atoms with Crippen LogP contribution in [0.15, 0.2) is 24.3 Å². The van der Waals surface area contributed by atoms with Crippen molar-refractivity contribution >= 4 is 12.4 Å². The van der Waals surface area contributed by atoms with Crippen LogP contribution >= 0.6 is 12.4 Å². The number of alkyl halides is 3. The van der Waals surface area contributed by atoms with E-state index in [0.717, 1.165) is 12.1 Å². The van der Waals surface area contributed by atoms with Crippen molar-refractivity contribution in [2.75, 3.05) is 6.61 Å². The van der Waals surface area contributed by atoms with Crippen LogP contribution in [0.1, 0.15) is 23.6 Å². The fourth-order valence-corrected chi connectivity index (χ4v) is 1.25. The maximum atomic E-state index is 12.3. The van der Waals surface area contributed by atoms with Crippen molar-refractivity contribution in [2.45, 2.75) is 18.6 Å². The second-order valence-corrected chi connectivity index (χ2v) is 3.24. The van der Waals surface area contributed by atoms with Gasteiger partial charge in [0.05, 0.1) is 5.56 Å². The Morgan fingerprint density at radius 1 is 1.31 bits per heavy atom. The molecule has 0 aliphatic rings. The molecule has 1 aromatic rings. The minimum absolute atomic E-state index is 0. The first-order chi connectivity index (χ1) is 6.95. The molecular formula is C10H13ClF3NO. The molecule has 0 aromatic heterocycles. The average molecular weight is 256 g/mol. The highest BCUT2D eigenvalue weighted by Gasteiger charge is 2.30. The summed E-state index contributed by atoms with van der Waals surface area (Å²) in [6.45, 7) is -0.141. The summed E-state index contributed by atoms with van der Waals surface area (Å²) in [5.74, 6) is 0. The fraction of sp³-hybridized carbons (Fsp3) is 0.400. The molecule has 6 heteroatoms. The van der Waals surface area contributed by atoms with Gasteiger partial charge in [-0.1, -0.05) is 12.1 Å². The molecule has 16 heavy (non-hydrogen) atoms. The first-order valence-electron chi connectivity index (χ1n) is 4.48. The molecule has 0 aliphatic carbocycles. The normalized spacial score (nSPS) is 13.1. The van der Waals surface area contributed by atoms with Gasteiger partial charge in [-0.05, 0) is 24.1 Å². The number of hydrogen-bond acceptors (Lipinski definition) is 2. The molecule has 0 aliphatic heterocycles. The first-order valence-corrected chi connectivity index (χ1v) is 4.48. The zero-order chi connectivity index (χ0) is 11.5. The number of hydrogen-bond donors (Lipinski definition) is 2. The number of aliphatic hydroxyl groups is 1. The summed E-state index contributed by atoms with van der Waals surface area (Å²) >= 11 is 0. The van der Waals surface area contributed by atoms with E-state index in [9.17, 15) is 13.2 Å². The molecule has 0 spiro atoms. The molecule has 2 nitrogen and oxygen atoms in total. The monoisotopic (exact) mass is 255 g/mol. The molecule has 0 amide bonds. The molecule has 1 unspecified atom stereocenters. The Morgan fingerprint density at radius 3 is 2.44 bits per heavy atom. The van der Waals surface area contributed by atoms with Gasteiger partial charge in [-0.3, -0.25) is 0 Å². The van der Waals surface area contributed by atoms with Gasteiger partial charge in [-0.2, -0.15) is 13.2 Å². The lowest BCUT2D eigenvalue weighted by Crippen LogP contribution is -2.13. The van der Waals surface area contributed by atoms with E-state index in [1.165, 1.54) is 12.1 Å². The van der Waals surface area contributed by atoms with Crippen LogP contribution in [0.3, 0.4) is 0 Å². The van der Waals surface area contributed by atoms with Crippen LogP contribution in [0, 0.1) is 0 Å². The van der Waals surface area contributed by atoms with E-state index in [-0.39, 0.29) is 25.4 Å². The number of nitrogens with two attached hydrogens (primary N) is 1. The largest absolute Gasteiger partial charge is 0.416 e. The van der Waals surface area contributed by atoms with Crippen LogP contribution in [-0.2, 0) is 6.18 Å². The lowest BCUT2D eigenvalue weighted by atomic mass is 10.0. The summed E-state index contributed by atoms with van der Waals surface area (Å²) in [6.07, 6.45) is -4.10. The van der Waals surface area contributed by atoms with Crippen LogP contribution < -0.4 is 5.73 Å². The third-order valence-corrected chi connectivity index (χ3v) is 2.08. The highest BCUT2D eigenvalue weighted by molar-refractivity contribution is 5.85. The van der Waals surface area contributed by atoms with E-state index in [0.29, 0.717) is 5.56 Å². The zero-order valence-corrected chi connectivity index (χ0v) is 9.18. The Balaban J connectivity index is 0.00000225. The summed E-state index contributed by atoms with van der Waals surface area (Å²) in [6, 6.07) is 4.29. The van der Waals surface area contributed by atoms with Crippen molar-refractivity contribution in [2.24, 2.45) is 5.73 Å². The minimum atomic E-state index is -4.35. The van der Waals surface area contributed by atoms with E-state index < -0.39 is 17.8 Å². The Kier molecular flexibility index (Phi) is 5.78. The van der Waals surface area contributed by atoms with Crippen molar-refractivity contribution in [3.8, 4) is 0 Å². The molecule has 92 valence electrons. The molecule has 0 fully saturated rings. The lowest BCUT2D eigenvalue weighted by molar-refractivity contribution is -0.137. The summed E-state index contributed by atoms with van der Waals surface area (Å²) in [5, 5.41) is 8.62. The van der Waals surface area contributed by atoms with E-state index in [1.807, 2.05) is 0 Å². The van der Waals surface area contributed by atoms with Gasteiger partial charge in [0.25, 0.3) is 0 Å². The molecule has 0 saturated carbocycles. The van der Waals surface area contributed by atoms with E-state index in [1.54, 1.807) is 0 Å². The van der Waals surface area contributed by atoms with Crippen LogP contribution in [0.2, 0.25) is 0 Å². The van der Waals surface area contributed by atoms with Crippen LogP contribution in [0.4, 0.5) is 13.2 Å². The molecule has 0 bridgehead atoms. The number of halogens is 4. The quantitative estimate of drug-likeness (QED) is 0.872. The second-order valence-electron chi connectivity index (χ2n) is 3.24. The van der Waals surface area contributed by atoms with Crippen molar-refractivity contribution in [3.63, 3.8) is 0 Å². The van der Waals surface area contributed by atoms with Gasteiger partial charge in [0.2, 0.25) is 0 Å². The van der Waals surface area contributed by atoms with Gasteiger partial charge in [-0.25, -0.2) is 0 Å². The standard InChI is InChI=1S/C10H12F3NO.ClH/c11-10(12,13)8-3-1-2-7(6-8)9(14)4-5-15;/h1-3,6,9,15H,4-5,14H2;1H. The molecular weight excluding hydrogens is 243 g/mol. The van der Waals surface area contributed by atoms with Crippen molar-refractivity contribution in [1.29, 1.82) is 0 Å². The SMILES string of the molecule is Cl.NC(CCO)c1cccc(C(F)(F)F)c1. The van der Waals surface area contributed by atoms with Crippen molar-refractivity contribution < 1.29 is 18.3 Å². The number of rotatable bonds is 3. The molecule has 1 atom stereocenters. The fourth-order valence-electron chi connectivity index (χ4n) is 1.25. The topological polar surface area (TPSA) is 46.2 Å². The Labute approximate surface area is 97.7 Å².